The van der Waals surface area contributed by atoms with Crippen molar-refractivity contribution in [2.75, 3.05) is 5.32 Å². The minimum Gasteiger partial charge on any atom is -0.457 e. The lowest BCUT2D eigenvalue weighted by Gasteiger charge is -2.12. The highest BCUT2D eigenvalue weighted by Crippen LogP contribution is 2.31. The molecule has 0 bridgehead atoms. The summed E-state index contributed by atoms with van der Waals surface area (Å²) in [6, 6.07) is 11.4. The average molecular weight is 449 g/mol. The van der Waals surface area contributed by atoms with Gasteiger partial charge in [0.2, 0.25) is 6.10 Å². The van der Waals surface area contributed by atoms with Crippen molar-refractivity contribution < 1.29 is 19.3 Å². The van der Waals surface area contributed by atoms with E-state index >= 15 is 0 Å². The van der Waals surface area contributed by atoms with Crippen LogP contribution in [0, 0.1) is 24.0 Å². The third-order valence-electron chi connectivity index (χ3n) is 5.23. The van der Waals surface area contributed by atoms with Crippen LogP contribution in [0.15, 0.2) is 53.8 Å². The minimum atomic E-state index is -0.857. The van der Waals surface area contributed by atoms with E-state index in [1.54, 1.807) is 10.7 Å². The van der Waals surface area contributed by atoms with Crippen molar-refractivity contribution in [1.29, 1.82) is 0 Å². The van der Waals surface area contributed by atoms with Crippen LogP contribution >= 0.6 is 0 Å². The van der Waals surface area contributed by atoms with Gasteiger partial charge in [0.15, 0.2) is 0 Å². The van der Waals surface area contributed by atoms with Crippen LogP contribution in [0.5, 0.6) is 11.5 Å². The normalized spacial score (nSPS) is 15.0. The summed E-state index contributed by atoms with van der Waals surface area (Å²) in [7, 11) is 0. The largest absolute Gasteiger partial charge is 0.457 e. The molecule has 1 N–H and O–H groups in total. The molecule has 2 aromatic carbocycles. The molecule has 1 amide bonds. The Morgan fingerprint density at radius 2 is 2.09 bits per heavy atom. The van der Waals surface area contributed by atoms with Crippen molar-refractivity contribution in [3.8, 4) is 11.5 Å². The SMILES string of the molecule is CCn1cc(C2=NOC(C(=O)Nc3cc(Oc4ccccc4C)cc([N+](=O)[O-])c3)C2)c(C)n1. The zero-order chi connectivity index (χ0) is 23.5. The number of aryl methyl sites for hydroxylation is 3. The van der Waals surface area contributed by atoms with E-state index in [2.05, 4.69) is 15.6 Å². The van der Waals surface area contributed by atoms with Crippen molar-refractivity contribution in [3.05, 3.63) is 75.6 Å². The van der Waals surface area contributed by atoms with Crippen LogP contribution in [-0.4, -0.2) is 32.4 Å². The van der Waals surface area contributed by atoms with Gasteiger partial charge < -0.3 is 14.9 Å². The number of nitro benzene ring substituents is 1. The van der Waals surface area contributed by atoms with Gasteiger partial charge in [0.1, 0.15) is 11.5 Å². The number of hydrogen-bond acceptors (Lipinski definition) is 7. The average Bonchev–Trinajstić information content (AvgIpc) is 3.41. The Morgan fingerprint density at radius 1 is 1.30 bits per heavy atom. The van der Waals surface area contributed by atoms with Gasteiger partial charge >= 0.3 is 0 Å². The molecule has 1 aliphatic rings. The number of rotatable bonds is 7. The predicted octanol–water partition coefficient (Wildman–Crippen LogP) is 4.35. The van der Waals surface area contributed by atoms with Crippen LogP contribution in [0.1, 0.15) is 30.2 Å². The molecule has 1 atom stereocenters. The molecule has 33 heavy (non-hydrogen) atoms. The first-order valence-corrected chi connectivity index (χ1v) is 10.4. The zero-order valence-electron chi connectivity index (χ0n) is 18.4. The van der Waals surface area contributed by atoms with E-state index in [0.717, 1.165) is 23.4 Å². The molecule has 0 spiro atoms. The number of amides is 1. The molecule has 0 aliphatic carbocycles. The Bertz CT molecular complexity index is 1250. The number of nitro groups is 1. The number of ether oxygens (including phenoxy) is 1. The first kappa shape index (κ1) is 22.0. The molecule has 1 aromatic heterocycles. The Hall–Kier alpha value is -4.21. The standard InChI is InChI=1S/C23H23N5O5/c1-4-27-13-19(15(3)25-27)20-12-22(33-26-20)23(29)24-16-9-17(28(30)31)11-18(10-16)32-21-8-6-5-7-14(21)2/h5-11,13,22H,4,12H2,1-3H3,(H,24,29). The van der Waals surface area contributed by atoms with Crippen LogP contribution in [-0.2, 0) is 16.2 Å². The van der Waals surface area contributed by atoms with E-state index in [9.17, 15) is 14.9 Å². The van der Waals surface area contributed by atoms with Gasteiger partial charge in [-0.3, -0.25) is 19.6 Å². The third-order valence-corrected chi connectivity index (χ3v) is 5.23. The van der Waals surface area contributed by atoms with Crippen molar-refractivity contribution in [2.24, 2.45) is 5.16 Å². The number of non-ortho nitro benzene ring substituents is 1. The van der Waals surface area contributed by atoms with Crippen molar-refractivity contribution >= 4 is 23.0 Å². The van der Waals surface area contributed by atoms with Crippen molar-refractivity contribution in [2.45, 2.75) is 39.8 Å². The lowest BCUT2D eigenvalue weighted by Crippen LogP contribution is -2.28. The zero-order valence-corrected chi connectivity index (χ0v) is 18.4. The number of carbonyl (C=O) groups is 1. The maximum atomic E-state index is 12.8. The van der Waals surface area contributed by atoms with Gasteiger partial charge in [-0.1, -0.05) is 23.4 Å². The Morgan fingerprint density at radius 3 is 2.79 bits per heavy atom. The molecule has 0 radical (unpaired) electrons. The van der Waals surface area contributed by atoms with Crippen LogP contribution in [0.3, 0.4) is 0 Å². The van der Waals surface area contributed by atoms with Crippen molar-refractivity contribution in [1.82, 2.24) is 9.78 Å². The van der Waals surface area contributed by atoms with E-state index in [4.69, 9.17) is 9.57 Å². The van der Waals surface area contributed by atoms with E-state index in [-0.39, 0.29) is 23.5 Å². The highest BCUT2D eigenvalue weighted by molar-refractivity contribution is 6.06. The maximum Gasteiger partial charge on any atom is 0.275 e. The number of nitrogens with zero attached hydrogens (tertiary/aromatic N) is 4. The maximum absolute atomic E-state index is 12.8. The van der Waals surface area contributed by atoms with Crippen LogP contribution < -0.4 is 10.1 Å². The second-order valence-electron chi connectivity index (χ2n) is 7.65. The van der Waals surface area contributed by atoms with Crippen LogP contribution in [0.25, 0.3) is 0 Å². The fraction of sp³-hybridized carbons (Fsp3) is 0.261. The minimum absolute atomic E-state index is 0.205. The number of para-hydroxylation sites is 1. The summed E-state index contributed by atoms with van der Waals surface area (Å²) >= 11 is 0. The van der Waals surface area contributed by atoms with Gasteiger partial charge in [-0.25, -0.2) is 0 Å². The van der Waals surface area contributed by atoms with Gasteiger partial charge in [0.25, 0.3) is 11.6 Å². The monoisotopic (exact) mass is 449 g/mol. The summed E-state index contributed by atoms with van der Waals surface area (Å²) in [4.78, 5) is 29.0. The van der Waals surface area contributed by atoms with Crippen LogP contribution in [0.2, 0.25) is 0 Å². The number of anilines is 1. The van der Waals surface area contributed by atoms with Gasteiger partial charge in [-0.2, -0.15) is 5.10 Å². The summed E-state index contributed by atoms with van der Waals surface area (Å²) in [5.41, 5.74) is 3.16. The molecule has 4 rings (SSSR count). The lowest BCUT2D eigenvalue weighted by atomic mass is 10.1. The van der Waals surface area contributed by atoms with Gasteiger partial charge in [-0.15, -0.1) is 0 Å². The Labute approximate surface area is 190 Å². The highest BCUT2D eigenvalue weighted by Gasteiger charge is 2.31. The van der Waals surface area contributed by atoms with Gasteiger partial charge in [-0.05, 0) is 32.4 Å². The molecule has 3 aromatic rings. The summed E-state index contributed by atoms with van der Waals surface area (Å²) < 4.78 is 7.62. The molecule has 1 unspecified atom stereocenters. The van der Waals surface area contributed by atoms with Gasteiger partial charge in [0.05, 0.1) is 28.1 Å². The highest BCUT2D eigenvalue weighted by atomic mass is 16.6. The Balaban J connectivity index is 1.49. The summed E-state index contributed by atoms with van der Waals surface area (Å²) in [5, 5.41) is 22.5. The van der Waals surface area contributed by atoms with Crippen LogP contribution in [0.4, 0.5) is 11.4 Å². The van der Waals surface area contributed by atoms with E-state index in [1.165, 1.54) is 18.2 Å². The quantitative estimate of drug-likeness (QED) is 0.423. The fourth-order valence-corrected chi connectivity index (χ4v) is 3.48. The topological polar surface area (TPSA) is 121 Å². The first-order chi connectivity index (χ1) is 15.8. The van der Waals surface area contributed by atoms with Gasteiger partial charge in [0, 0.05) is 36.9 Å². The molecule has 1 aliphatic heterocycles. The molecule has 10 heteroatoms. The molecular formula is C23H23N5O5. The van der Waals surface area contributed by atoms with E-state index < -0.39 is 16.9 Å². The number of nitrogens with one attached hydrogen (secondary N) is 1. The first-order valence-electron chi connectivity index (χ1n) is 10.4. The number of benzene rings is 2. The van der Waals surface area contributed by atoms with E-state index in [0.29, 0.717) is 11.5 Å². The number of oxime groups is 1. The summed E-state index contributed by atoms with van der Waals surface area (Å²) in [5.74, 6) is 0.341. The summed E-state index contributed by atoms with van der Waals surface area (Å²) in [6.45, 7) is 6.45. The smallest absolute Gasteiger partial charge is 0.275 e. The number of aromatic nitrogens is 2. The molecule has 0 saturated carbocycles. The molecule has 10 nitrogen and oxygen atoms in total. The molecular weight excluding hydrogens is 426 g/mol. The van der Waals surface area contributed by atoms with Crippen molar-refractivity contribution in [3.63, 3.8) is 0 Å². The number of hydrogen-bond donors (Lipinski definition) is 1. The molecule has 170 valence electrons. The number of carbonyl (C=O) groups excluding carboxylic acids is 1. The Kier molecular flexibility index (Phi) is 6.07. The second-order valence-corrected chi connectivity index (χ2v) is 7.65. The fourth-order valence-electron chi connectivity index (χ4n) is 3.48. The predicted molar refractivity (Wildman–Crippen MR) is 122 cm³/mol. The third kappa shape index (κ3) is 4.84. The molecule has 0 fully saturated rings. The lowest BCUT2D eigenvalue weighted by molar-refractivity contribution is -0.384. The second kappa shape index (κ2) is 9.11. The van der Waals surface area contributed by atoms with E-state index in [1.807, 2.05) is 45.2 Å². The summed E-state index contributed by atoms with van der Waals surface area (Å²) in [6.07, 6.45) is 1.28. The molecule has 0 saturated heterocycles. The molecule has 2 heterocycles.